The lowest BCUT2D eigenvalue weighted by molar-refractivity contribution is -0.141. The van der Waals surface area contributed by atoms with Crippen LogP contribution in [-0.2, 0) is 34.8 Å². The molecule has 0 bridgehead atoms. The second-order valence-electron chi connectivity index (χ2n) is 18.9. The lowest BCUT2D eigenvalue weighted by Crippen LogP contribution is -2.60. The fraction of sp³-hybridized carbons (Fsp3) is 0.522. The monoisotopic (exact) mass is 869 g/mol. The molecule has 9 rings (SSSR count). The molecule has 3 aliphatic heterocycles. The minimum absolute atomic E-state index is 0.208. The predicted octanol–water partition coefficient (Wildman–Crippen LogP) is 5.93. The Morgan fingerprint density at radius 1 is 0.968 bits per heavy atom. The lowest BCUT2D eigenvalue weighted by atomic mass is 9.71. The van der Waals surface area contributed by atoms with E-state index in [1.54, 1.807) is 42.2 Å². The molecular weight excluding hydrogens is 816 g/mol. The number of nitrogens with one attached hydrogen (secondary N) is 2. The number of amides is 3. The number of carbonyl (C=O) groups excluding carboxylic acids is 3. The van der Waals surface area contributed by atoms with Crippen LogP contribution in [0.25, 0.3) is 21.9 Å². The van der Waals surface area contributed by atoms with Crippen molar-refractivity contribution in [2.45, 2.75) is 95.5 Å². The van der Waals surface area contributed by atoms with E-state index in [2.05, 4.69) is 31.5 Å². The van der Waals surface area contributed by atoms with Crippen LogP contribution in [0.5, 0.6) is 0 Å². The normalized spacial score (nSPS) is 22.4. The summed E-state index contributed by atoms with van der Waals surface area (Å²) in [7, 11) is 1.75. The summed E-state index contributed by atoms with van der Waals surface area (Å²) in [4.78, 5) is 59.6. The van der Waals surface area contributed by atoms with Crippen molar-refractivity contribution in [2.75, 3.05) is 44.6 Å². The summed E-state index contributed by atoms with van der Waals surface area (Å²) in [5, 5.41) is 21.7. The van der Waals surface area contributed by atoms with Crippen LogP contribution in [0.15, 0.2) is 59.5 Å². The number of nitrogens with zero attached hydrogens (tertiary/aromatic N) is 7. The summed E-state index contributed by atoms with van der Waals surface area (Å²) >= 11 is 0. The van der Waals surface area contributed by atoms with Crippen molar-refractivity contribution in [2.24, 2.45) is 18.4 Å². The van der Waals surface area contributed by atoms with Gasteiger partial charge in [-0.1, -0.05) is 18.2 Å². The molecule has 2 aromatic carbocycles. The number of imidazole rings is 1. The van der Waals surface area contributed by atoms with Crippen molar-refractivity contribution in [1.82, 2.24) is 39.0 Å². The Kier molecular flexibility index (Phi) is 11.1. The van der Waals surface area contributed by atoms with Gasteiger partial charge in [-0.15, -0.1) is 0 Å². The first kappa shape index (κ1) is 42.9. The van der Waals surface area contributed by atoms with E-state index in [9.17, 15) is 37.5 Å². The average molecular weight is 870 g/mol. The van der Waals surface area contributed by atoms with E-state index >= 15 is 0 Å². The number of halogens is 3. The fourth-order valence-corrected chi connectivity index (χ4v) is 10.6. The van der Waals surface area contributed by atoms with Crippen LogP contribution in [0.3, 0.4) is 0 Å². The van der Waals surface area contributed by atoms with E-state index in [1.807, 2.05) is 23.0 Å². The first-order valence-electron chi connectivity index (χ1n) is 22.0. The molecule has 3 N–H and O–H groups in total. The number of aliphatic hydroxyl groups is 1. The zero-order valence-corrected chi connectivity index (χ0v) is 35.9. The van der Waals surface area contributed by atoms with Crippen LogP contribution in [0.2, 0.25) is 0 Å². The van der Waals surface area contributed by atoms with E-state index in [1.165, 1.54) is 18.9 Å². The van der Waals surface area contributed by atoms with Gasteiger partial charge in [0.05, 0.1) is 28.2 Å². The minimum Gasteiger partial charge on any atom is -0.386 e. The van der Waals surface area contributed by atoms with Crippen molar-refractivity contribution >= 4 is 45.3 Å². The van der Waals surface area contributed by atoms with Crippen molar-refractivity contribution in [1.29, 1.82) is 0 Å². The van der Waals surface area contributed by atoms with E-state index in [-0.39, 0.29) is 35.4 Å². The molecule has 0 radical (unpaired) electrons. The molecule has 1 unspecified atom stereocenters. The smallest absolute Gasteiger partial charge is 0.386 e. The topological polar surface area (TPSA) is 160 Å². The standard InChI is InChI=1S/C46H54F3N9O5/c1-44(2,63)32-23-34-30(22-35(32)51-41(60)33-7-5-9-38(50-33)46(47,48)49)25-57(53-34)31-12-10-28(11-13-31)24-55-20-17-45(18-21-55)26-56(27-45)19-16-29-6-4-8-36-40(29)54(3)43(62)58(36)37-14-15-39(59)52-42(37)61/h4-9,22-23,25,28,31,37,63H,10-21,24,26-27H2,1-3H3,(H,51,60)(H,52,59,61). The van der Waals surface area contributed by atoms with Gasteiger partial charge >= 0.3 is 11.9 Å². The molecule has 5 aromatic rings. The van der Waals surface area contributed by atoms with Crippen LogP contribution < -0.4 is 16.3 Å². The number of likely N-dealkylation sites (tertiary alicyclic amines) is 2. The van der Waals surface area contributed by atoms with E-state index in [4.69, 9.17) is 5.10 Å². The number of piperidine rings is 2. The number of para-hydroxylation sites is 1. The molecule has 334 valence electrons. The Bertz CT molecular complexity index is 2640. The zero-order valence-electron chi connectivity index (χ0n) is 35.9. The third kappa shape index (κ3) is 8.54. The van der Waals surface area contributed by atoms with E-state index < -0.39 is 35.3 Å². The summed E-state index contributed by atoms with van der Waals surface area (Å²) in [6.07, 6.45) is 5.10. The highest BCUT2D eigenvalue weighted by atomic mass is 19.4. The second-order valence-corrected chi connectivity index (χ2v) is 18.9. The van der Waals surface area contributed by atoms with Crippen molar-refractivity contribution in [3.05, 3.63) is 87.7 Å². The number of hydrogen-bond donors (Lipinski definition) is 3. The molecule has 6 heterocycles. The summed E-state index contributed by atoms with van der Waals surface area (Å²) in [5.74, 6) is -0.934. The minimum atomic E-state index is -4.69. The molecule has 1 saturated carbocycles. The number of anilines is 1. The first-order chi connectivity index (χ1) is 29.9. The SMILES string of the molecule is Cn1c(=O)n(C2CCC(=O)NC2=O)c2cccc(CCN3CC4(CCN(CC5CCC(n6cc7cc(NC(=O)c8cccc(C(F)(F)F)n8)c(C(C)(C)O)cc7n6)CC5)CC4)C3)c21. The Morgan fingerprint density at radius 2 is 1.70 bits per heavy atom. The molecule has 14 nitrogen and oxygen atoms in total. The van der Waals surface area contributed by atoms with E-state index in [0.717, 1.165) is 105 Å². The molecule has 3 amide bonds. The number of rotatable bonds is 10. The van der Waals surface area contributed by atoms with Gasteiger partial charge in [-0.2, -0.15) is 18.3 Å². The third-order valence-corrected chi connectivity index (χ3v) is 14.0. The molecule has 3 saturated heterocycles. The maximum Gasteiger partial charge on any atom is 0.433 e. The molecule has 3 aromatic heterocycles. The van der Waals surface area contributed by atoms with Gasteiger partial charge in [0.1, 0.15) is 17.4 Å². The highest BCUT2D eigenvalue weighted by molar-refractivity contribution is 6.04. The van der Waals surface area contributed by atoms with Crippen LogP contribution in [0, 0.1) is 11.3 Å². The number of pyridine rings is 1. The Hall–Kier alpha value is -5.39. The highest BCUT2D eigenvalue weighted by Gasteiger charge is 2.45. The number of fused-ring (bicyclic) bond motifs is 2. The number of imide groups is 1. The molecule has 4 aliphatic rings. The van der Waals surface area contributed by atoms with Gasteiger partial charge < -0.3 is 20.2 Å². The average Bonchev–Trinajstić information content (AvgIpc) is 3.76. The molecule has 4 fully saturated rings. The van der Waals surface area contributed by atoms with Gasteiger partial charge in [0.15, 0.2) is 0 Å². The van der Waals surface area contributed by atoms with E-state index in [0.29, 0.717) is 28.8 Å². The third-order valence-electron chi connectivity index (χ3n) is 14.0. The number of carbonyl (C=O) groups is 3. The quantitative estimate of drug-likeness (QED) is 0.145. The maximum absolute atomic E-state index is 13.4. The number of alkyl halides is 3. The molecular formula is C46H54F3N9O5. The summed E-state index contributed by atoms with van der Waals surface area (Å²) in [6, 6.07) is 12.0. The fourth-order valence-electron chi connectivity index (χ4n) is 10.6. The van der Waals surface area contributed by atoms with Crippen molar-refractivity contribution < 1.29 is 32.7 Å². The molecule has 1 atom stereocenters. The first-order valence-corrected chi connectivity index (χ1v) is 22.0. The summed E-state index contributed by atoms with van der Waals surface area (Å²) < 4.78 is 45.0. The lowest BCUT2D eigenvalue weighted by Gasteiger charge is -2.54. The molecule has 17 heteroatoms. The van der Waals surface area contributed by atoms with Gasteiger partial charge in [0.2, 0.25) is 11.8 Å². The Morgan fingerprint density at radius 3 is 2.40 bits per heavy atom. The molecule has 1 aliphatic carbocycles. The van der Waals surface area contributed by atoms with Gasteiger partial charge in [-0.05, 0) is 126 Å². The largest absolute Gasteiger partial charge is 0.433 e. The molecule has 63 heavy (non-hydrogen) atoms. The van der Waals surface area contributed by atoms with Crippen molar-refractivity contribution in [3.63, 3.8) is 0 Å². The maximum atomic E-state index is 13.4. The van der Waals surface area contributed by atoms with Crippen LogP contribution in [0.1, 0.15) is 105 Å². The van der Waals surface area contributed by atoms with Gasteiger partial charge in [0, 0.05) is 62.5 Å². The Labute approximate surface area is 362 Å². The van der Waals surface area contributed by atoms with Crippen molar-refractivity contribution in [3.8, 4) is 0 Å². The number of benzene rings is 2. The number of hydrogen-bond acceptors (Lipinski definition) is 9. The Balaban J connectivity index is 0.759. The zero-order chi connectivity index (χ0) is 44.4. The van der Waals surface area contributed by atoms with Gasteiger partial charge in [-0.3, -0.25) is 33.5 Å². The predicted molar refractivity (Wildman–Crippen MR) is 230 cm³/mol. The second kappa shape index (κ2) is 16.3. The van der Waals surface area contributed by atoms with Crippen LogP contribution in [-0.4, -0.2) is 95.8 Å². The number of aryl methyl sites for hydroxylation is 1. The number of aromatic nitrogens is 5. The summed E-state index contributed by atoms with van der Waals surface area (Å²) in [6.45, 7) is 9.50. The van der Waals surface area contributed by atoms with Gasteiger partial charge in [0.25, 0.3) is 5.91 Å². The van der Waals surface area contributed by atoms with Gasteiger partial charge in [-0.25, -0.2) is 9.78 Å². The highest BCUT2D eigenvalue weighted by Crippen LogP contribution is 2.42. The van der Waals surface area contributed by atoms with Crippen LogP contribution in [0.4, 0.5) is 18.9 Å². The summed E-state index contributed by atoms with van der Waals surface area (Å²) in [5.41, 5.74) is 1.19. The van der Waals surface area contributed by atoms with Crippen LogP contribution >= 0.6 is 0 Å². The molecule has 1 spiro atoms.